The van der Waals surface area contributed by atoms with Gasteiger partial charge in [0.25, 0.3) is 5.91 Å². The summed E-state index contributed by atoms with van der Waals surface area (Å²) in [5.41, 5.74) is 1.00. The molecular weight excluding hydrogens is 310 g/mol. The van der Waals surface area contributed by atoms with Gasteiger partial charge in [-0.2, -0.15) is 0 Å². The quantitative estimate of drug-likeness (QED) is 0.388. The molecule has 0 spiro atoms. The molecule has 3 N–H and O–H groups in total. The summed E-state index contributed by atoms with van der Waals surface area (Å²) >= 11 is 5.13. The molecule has 0 saturated heterocycles. The van der Waals surface area contributed by atoms with Gasteiger partial charge in [-0.1, -0.05) is 38.0 Å². The fourth-order valence-corrected chi connectivity index (χ4v) is 2.15. The molecule has 1 aromatic carbocycles. The number of carbonyl (C=O) groups is 2. The number of para-hydroxylation sites is 1. The Kier molecular flexibility index (Phi) is 8.60. The molecule has 0 bridgehead atoms. The molecule has 0 radical (unpaired) electrons. The fraction of sp³-hybridized carbons (Fsp3) is 0.353. The Morgan fingerprint density at radius 2 is 2.00 bits per heavy atom. The van der Waals surface area contributed by atoms with Crippen LogP contribution in [0.1, 0.15) is 43.0 Å². The third-order valence-corrected chi connectivity index (χ3v) is 3.29. The van der Waals surface area contributed by atoms with Gasteiger partial charge in [-0.15, -0.1) is 6.58 Å². The van der Waals surface area contributed by atoms with Crippen LogP contribution in [0.3, 0.4) is 0 Å². The second-order valence-corrected chi connectivity index (χ2v) is 5.41. The van der Waals surface area contributed by atoms with Crippen molar-refractivity contribution in [3.05, 3.63) is 42.5 Å². The van der Waals surface area contributed by atoms with Gasteiger partial charge in [0.2, 0.25) is 5.91 Å². The number of unbranched alkanes of at least 4 members (excludes halogenated alkanes) is 2. The van der Waals surface area contributed by atoms with Crippen LogP contribution in [-0.4, -0.2) is 23.5 Å². The van der Waals surface area contributed by atoms with Gasteiger partial charge in [0, 0.05) is 13.0 Å². The zero-order valence-electron chi connectivity index (χ0n) is 13.4. The van der Waals surface area contributed by atoms with Crippen molar-refractivity contribution in [2.75, 3.05) is 11.9 Å². The number of hydrogen-bond donors (Lipinski definition) is 3. The van der Waals surface area contributed by atoms with Crippen LogP contribution in [0.25, 0.3) is 0 Å². The predicted molar refractivity (Wildman–Crippen MR) is 97.5 cm³/mol. The van der Waals surface area contributed by atoms with E-state index < -0.39 is 0 Å². The standard InChI is InChI=1S/C17H23N3O2S/c1-3-5-6-11-15(21)20-17(23)19-14-10-8-7-9-13(14)16(22)18-12-4-2/h4,7-10H,2-3,5-6,11-12H2,1H3,(H,18,22)(H2,19,20,21,23). The number of anilines is 1. The van der Waals surface area contributed by atoms with Crippen molar-refractivity contribution in [3.8, 4) is 0 Å². The monoisotopic (exact) mass is 333 g/mol. The molecule has 0 atom stereocenters. The summed E-state index contributed by atoms with van der Waals surface area (Å²) in [4.78, 5) is 23.8. The molecule has 0 aliphatic rings. The Hall–Kier alpha value is -2.21. The summed E-state index contributed by atoms with van der Waals surface area (Å²) < 4.78 is 0. The van der Waals surface area contributed by atoms with E-state index in [2.05, 4.69) is 29.5 Å². The van der Waals surface area contributed by atoms with Crippen LogP contribution in [0.5, 0.6) is 0 Å². The van der Waals surface area contributed by atoms with Gasteiger partial charge in [-0.3, -0.25) is 9.59 Å². The Morgan fingerprint density at radius 1 is 1.26 bits per heavy atom. The molecule has 0 saturated carbocycles. The second-order valence-electron chi connectivity index (χ2n) is 5.00. The lowest BCUT2D eigenvalue weighted by molar-refractivity contribution is -0.119. The van der Waals surface area contributed by atoms with E-state index in [0.717, 1.165) is 19.3 Å². The first-order chi connectivity index (χ1) is 11.1. The molecule has 124 valence electrons. The van der Waals surface area contributed by atoms with E-state index in [9.17, 15) is 9.59 Å². The first-order valence-electron chi connectivity index (χ1n) is 7.67. The van der Waals surface area contributed by atoms with E-state index in [4.69, 9.17) is 12.2 Å². The van der Waals surface area contributed by atoms with Crippen molar-refractivity contribution in [3.63, 3.8) is 0 Å². The van der Waals surface area contributed by atoms with Crippen LogP contribution >= 0.6 is 12.2 Å². The van der Waals surface area contributed by atoms with Crippen LogP contribution < -0.4 is 16.0 Å². The molecule has 6 heteroatoms. The van der Waals surface area contributed by atoms with Gasteiger partial charge >= 0.3 is 0 Å². The number of thiocarbonyl (C=S) groups is 1. The van der Waals surface area contributed by atoms with Crippen molar-refractivity contribution >= 4 is 34.8 Å². The Labute approximate surface area is 142 Å². The van der Waals surface area contributed by atoms with Gasteiger partial charge in [0.15, 0.2) is 5.11 Å². The third-order valence-electron chi connectivity index (χ3n) is 3.09. The first-order valence-corrected chi connectivity index (χ1v) is 8.08. The van der Waals surface area contributed by atoms with Crippen molar-refractivity contribution < 1.29 is 9.59 Å². The van der Waals surface area contributed by atoms with E-state index in [1.165, 1.54) is 0 Å². The van der Waals surface area contributed by atoms with Gasteiger partial charge in [-0.05, 0) is 30.8 Å². The van der Waals surface area contributed by atoms with Crippen LogP contribution in [-0.2, 0) is 4.79 Å². The van der Waals surface area contributed by atoms with Crippen molar-refractivity contribution in [1.82, 2.24) is 10.6 Å². The fourth-order valence-electron chi connectivity index (χ4n) is 1.93. The minimum Gasteiger partial charge on any atom is -0.349 e. The molecule has 0 heterocycles. The van der Waals surface area contributed by atoms with E-state index >= 15 is 0 Å². The van der Waals surface area contributed by atoms with Gasteiger partial charge in [0.05, 0.1) is 11.3 Å². The topological polar surface area (TPSA) is 70.2 Å². The number of benzene rings is 1. The molecule has 23 heavy (non-hydrogen) atoms. The maximum Gasteiger partial charge on any atom is 0.253 e. The second kappa shape index (κ2) is 10.5. The number of nitrogens with one attached hydrogen (secondary N) is 3. The van der Waals surface area contributed by atoms with Gasteiger partial charge in [0.1, 0.15) is 0 Å². The summed E-state index contributed by atoms with van der Waals surface area (Å²) in [6.45, 7) is 6.02. The maximum atomic E-state index is 12.1. The molecule has 0 fully saturated rings. The minimum atomic E-state index is -0.231. The Bertz CT molecular complexity index is 573. The first kappa shape index (κ1) is 18.8. The number of rotatable bonds is 8. The SMILES string of the molecule is C=CCNC(=O)c1ccccc1NC(=S)NC(=O)CCCCC. The normalized spacial score (nSPS) is 9.78. The van der Waals surface area contributed by atoms with E-state index in [-0.39, 0.29) is 16.9 Å². The van der Waals surface area contributed by atoms with Crippen LogP contribution in [0.15, 0.2) is 36.9 Å². The largest absolute Gasteiger partial charge is 0.349 e. The highest BCUT2D eigenvalue weighted by atomic mass is 32.1. The predicted octanol–water partition coefficient (Wildman–Crippen LogP) is 3.00. The highest BCUT2D eigenvalue weighted by Crippen LogP contribution is 2.14. The summed E-state index contributed by atoms with van der Waals surface area (Å²) in [6, 6.07) is 6.98. The number of amides is 2. The minimum absolute atomic E-state index is 0.121. The van der Waals surface area contributed by atoms with E-state index in [0.29, 0.717) is 24.2 Å². The summed E-state index contributed by atoms with van der Waals surface area (Å²) in [6.07, 6.45) is 4.96. The third kappa shape index (κ3) is 7.06. The lowest BCUT2D eigenvalue weighted by Crippen LogP contribution is -2.34. The van der Waals surface area contributed by atoms with E-state index in [1.807, 2.05) is 0 Å². The van der Waals surface area contributed by atoms with Crippen LogP contribution in [0, 0.1) is 0 Å². The number of carbonyl (C=O) groups excluding carboxylic acids is 2. The number of hydrogen-bond acceptors (Lipinski definition) is 3. The zero-order valence-corrected chi connectivity index (χ0v) is 14.2. The van der Waals surface area contributed by atoms with Crippen LogP contribution in [0.4, 0.5) is 5.69 Å². The lowest BCUT2D eigenvalue weighted by atomic mass is 10.1. The maximum absolute atomic E-state index is 12.1. The molecule has 0 aliphatic heterocycles. The summed E-state index contributed by atoms with van der Waals surface area (Å²) in [7, 11) is 0. The zero-order chi connectivity index (χ0) is 17.1. The smallest absolute Gasteiger partial charge is 0.253 e. The molecule has 1 rings (SSSR count). The van der Waals surface area contributed by atoms with Crippen molar-refractivity contribution in [2.45, 2.75) is 32.6 Å². The van der Waals surface area contributed by atoms with Gasteiger partial charge in [-0.25, -0.2) is 0 Å². The molecule has 0 aromatic heterocycles. The molecule has 0 unspecified atom stereocenters. The summed E-state index contributed by atoms with van der Waals surface area (Å²) in [5, 5.41) is 8.43. The average Bonchev–Trinajstić information content (AvgIpc) is 2.53. The lowest BCUT2D eigenvalue weighted by Gasteiger charge is -2.13. The van der Waals surface area contributed by atoms with Crippen molar-refractivity contribution in [1.29, 1.82) is 0 Å². The molecular formula is C17H23N3O2S. The highest BCUT2D eigenvalue weighted by Gasteiger charge is 2.12. The van der Waals surface area contributed by atoms with E-state index in [1.54, 1.807) is 30.3 Å². The molecule has 5 nitrogen and oxygen atoms in total. The average molecular weight is 333 g/mol. The Morgan fingerprint density at radius 3 is 2.70 bits per heavy atom. The molecule has 0 aliphatic carbocycles. The van der Waals surface area contributed by atoms with Gasteiger partial charge < -0.3 is 16.0 Å². The highest BCUT2D eigenvalue weighted by molar-refractivity contribution is 7.80. The molecule has 1 aromatic rings. The molecule has 2 amide bonds. The van der Waals surface area contributed by atoms with Crippen molar-refractivity contribution in [2.24, 2.45) is 0 Å². The van der Waals surface area contributed by atoms with Crippen LogP contribution in [0.2, 0.25) is 0 Å². The Balaban J connectivity index is 2.62. The summed E-state index contributed by atoms with van der Waals surface area (Å²) in [5.74, 6) is -0.352.